The van der Waals surface area contributed by atoms with Crippen LogP contribution >= 0.6 is 0 Å². The van der Waals surface area contributed by atoms with Crippen LogP contribution in [0.3, 0.4) is 0 Å². The Bertz CT molecular complexity index is 878. The minimum absolute atomic E-state index is 0.174. The summed E-state index contributed by atoms with van der Waals surface area (Å²) in [5.41, 5.74) is 0.0649. The summed E-state index contributed by atoms with van der Waals surface area (Å²) in [6, 6.07) is 6.25. The second-order valence-electron chi connectivity index (χ2n) is 8.18. The number of aryl methyl sites for hydroxylation is 1. The highest BCUT2D eigenvalue weighted by atomic mass is 19.4. The Morgan fingerprint density at radius 3 is 2.73 bits per heavy atom. The Morgan fingerprint density at radius 1 is 1.17 bits per heavy atom. The maximum Gasteiger partial charge on any atom is 0.416 e. The molecule has 1 aliphatic carbocycles. The molecule has 0 spiro atoms. The van der Waals surface area contributed by atoms with Crippen LogP contribution in [0.2, 0.25) is 0 Å². The van der Waals surface area contributed by atoms with Crippen molar-refractivity contribution in [1.29, 1.82) is 0 Å². The lowest BCUT2D eigenvalue weighted by Crippen LogP contribution is -2.40. The number of carbonyl (C=O) groups excluding carboxylic acids is 1. The second kappa shape index (κ2) is 8.75. The standard InChI is InChI=1S/C21H26F3N5O/c22-21(23,24)18-7-2-1-5-15(18)13-28-11-4-3-6-17(28)10-12-29-14-19(26-27-29)20(30)25-16-8-9-16/h1-2,5,7,14,16-17H,3-4,6,8-13H2,(H,25,30)/t17-/m0/s1. The van der Waals surface area contributed by atoms with E-state index >= 15 is 0 Å². The first kappa shape index (κ1) is 20.8. The molecule has 1 amide bonds. The molecule has 30 heavy (non-hydrogen) atoms. The number of rotatable bonds is 7. The van der Waals surface area contributed by atoms with E-state index in [0.717, 1.165) is 51.1 Å². The van der Waals surface area contributed by atoms with Crippen LogP contribution in [0.15, 0.2) is 30.5 Å². The molecular weight excluding hydrogens is 395 g/mol. The van der Waals surface area contributed by atoms with Gasteiger partial charge in [0.25, 0.3) is 5.91 Å². The highest BCUT2D eigenvalue weighted by Gasteiger charge is 2.34. The molecule has 4 rings (SSSR count). The highest BCUT2D eigenvalue weighted by Crippen LogP contribution is 2.33. The summed E-state index contributed by atoms with van der Waals surface area (Å²) < 4.78 is 41.7. The van der Waals surface area contributed by atoms with Gasteiger partial charge >= 0.3 is 6.18 Å². The average Bonchev–Trinajstić information content (AvgIpc) is 3.40. The van der Waals surface area contributed by atoms with Crippen molar-refractivity contribution in [3.8, 4) is 0 Å². The number of benzene rings is 1. The van der Waals surface area contributed by atoms with Gasteiger partial charge in [-0.2, -0.15) is 13.2 Å². The molecule has 9 heteroatoms. The second-order valence-corrected chi connectivity index (χ2v) is 8.18. The normalized spacial score (nSPS) is 20.3. The molecule has 1 aliphatic heterocycles. The Hall–Kier alpha value is -2.42. The maximum atomic E-state index is 13.3. The zero-order valence-corrected chi connectivity index (χ0v) is 16.7. The van der Waals surface area contributed by atoms with Crippen molar-refractivity contribution in [2.45, 2.75) is 69.9 Å². The van der Waals surface area contributed by atoms with E-state index in [9.17, 15) is 18.0 Å². The van der Waals surface area contributed by atoms with Crippen molar-refractivity contribution in [1.82, 2.24) is 25.2 Å². The fraction of sp³-hybridized carbons (Fsp3) is 0.571. The predicted molar refractivity (Wildman–Crippen MR) is 105 cm³/mol. The van der Waals surface area contributed by atoms with Gasteiger partial charge in [-0.15, -0.1) is 5.10 Å². The number of hydrogen-bond donors (Lipinski definition) is 1. The summed E-state index contributed by atoms with van der Waals surface area (Å²) in [6.07, 6.45) is 3.06. The van der Waals surface area contributed by atoms with Crippen molar-refractivity contribution in [2.75, 3.05) is 6.54 Å². The molecule has 2 aromatic rings. The third-order valence-corrected chi connectivity index (χ3v) is 5.82. The van der Waals surface area contributed by atoms with Crippen LogP contribution in [0, 0.1) is 0 Å². The molecule has 0 radical (unpaired) electrons. The SMILES string of the molecule is O=C(NC1CC1)c1cn(CC[C@@H]2CCCCN2Cc2ccccc2C(F)(F)F)nn1. The largest absolute Gasteiger partial charge is 0.416 e. The van der Waals surface area contributed by atoms with E-state index < -0.39 is 11.7 Å². The zero-order valence-electron chi connectivity index (χ0n) is 16.7. The summed E-state index contributed by atoms with van der Waals surface area (Å²) in [6.45, 7) is 1.64. The van der Waals surface area contributed by atoms with E-state index in [1.165, 1.54) is 6.07 Å². The zero-order chi connectivity index (χ0) is 21.1. The van der Waals surface area contributed by atoms with Crippen molar-refractivity contribution < 1.29 is 18.0 Å². The molecule has 1 saturated heterocycles. The van der Waals surface area contributed by atoms with E-state index in [2.05, 4.69) is 20.5 Å². The Labute approximate surface area is 173 Å². The molecule has 0 unspecified atom stereocenters. The number of alkyl halides is 3. The van der Waals surface area contributed by atoms with Crippen LogP contribution in [0.5, 0.6) is 0 Å². The summed E-state index contributed by atoms with van der Waals surface area (Å²) in [4.78, 5) is 14.2. The summed E-state index contributed by atoms with van der Waals surface area (Å²) in [5, 5.41) is 10.9. The monoisotopic (exact) mass is 421 g/mol. The molecule has 0 bridgehead atoms. The van der Waals surface area contributed by atoms with E-state index in [4.69, 9.17) is 0 Å². The fourth-order valence-corrected chi connectivity index (χ4v) is 4.03. The molecule has 162 valence electrons. The number of hydrogen-bond acceptors (Lipinski definition) is 4. The van der Waals surface area contributed by atoms with E-state index in [1.54, 1.807) is 23.0 Å². The van der Waals surface area contributed by atoms with Crippen LogP contribution in [0.25, 0.3) is 0 Å². The van der Waals surface area contributed by atoms with Gasteiger partial charge in [-0.25, -0.2) is 0 Å². The summed E-state index contributed by atoms with van der Waals surface area (Å²) in [7, 11) is 0. The molecule has 2 heterocycles. The van der Waals surface area contributed by atoms with Crippen molar-refractivity contribution in [2.24, 2.45) is 0 Å². The quantitative estimate of drug-likeness (QED) is 0.742. The van der Waals surface area contributed by atoms with E-state index in [0.29, 0.717) is 17.8 Å². The fourth-order valence-electron chi connectivity index (χ4n) is 4.03. The molecule has 1 aromatic heterocycles. The third kappa shape index (κ3) is 5.19. The van der Waals surface area contributed by atoms with Crippen LogP contribution in [0.1, 0.15) is 60.1 Å². The molecule has 6 nitrogen and oxygen atoms in total. The van der Waals surface area contributed by atoms with Gasteiger partial charge in [-0.1, -0.05) is 29.8 Å². The average molecular weight is 421 g/mol. The number of likely N-dealkylation sites (tertiary alicyclic amines) is 1. The molecule has 2 fully saturated rings. The minimum Gasteiger partial charge on any atom is -0.348 e. The number of amides is 1. The van der Waals surface area contributed by atoms with E-state index in [-0.39, 0.29) is 24.5 Å². The molecule has 2 aliphatic rings. The minimum atomic E-state index is -4.35. The van der Waals surface area contributed by atoms with Gasteiger partial charge in [0.2, 0.25) is 0 Å². The number of nitrogens with one attached hydrogen (secondary N) is 1. The van der Waals surface area contributed by atoms with Gasteiger partial charge in [0.15, 0.2) is 5.69 Å². The van der Waals surface area contributed by atoms with Gasteiger partial charge in [-0.3, -0.25) is 14.4 Å². The van der Waals surface area contributed by atoms with Gasteiger partial charge in [0.05, 0.1) is 11.8 Å². The Kier molecular flexibility index (Phi) is 6.08. The van der Waals surface area contributed by atoms with Crippen LogP contribution in [-0.2, 0) is 19.3 Å². The lowest BCUT2D eigenvalue weighted by atomic mass is 9.97. The first-order valence-corrected chi connectivity index (χ1v) is 10.5. The van der Waals surface area contributed by atoms with Crippen molar-refractivity contribution in [3.63, 3.8) is 0 Å². The maximum absolute atomic E-state index is 13.3. The predicted octanol–water partition coefficient (Wildman–Crippen LogP) is 3.63. The first-order valence-electron chi connectivity index (χ1n) is 10.5. The van der Waals surface area contributed by atoms with Crippen LogP contribution in [0.4, 0.5) is 13.2 Å². The lowest BCUT2D eigenvalue weighted by Gasteiger charge is -2.36. The highest BCUT2D eigenvalue weighted by molar-refractivity contribution is 5.92. The molecule has 1 N–H and O–H groups in total. The van der Waals surface area contributed by atoms with Crippen molar-refractivity contribution in [3.05, 3.63) is 47.3 Å². The molecular formula is C21H26F3N5O. The van der Waals surface area contributed by atoms with Crippen LogP contribution in [-0.4, -0.2) is 44.4 Å². The number of aromatic nitrogens is 3. The van der Waals surface area contributed by atoms with Gasteiger partial charge in [-0.05, 0) is 50.3 Å². The number of nitrogens with zero attached hydrogens (tertiary/aromatic N) is 4. The van der Waals surface area contributed by atoms with Gasteiger partial charge in [0.1, 0.15) is 0 Å². The molecule has 1 aromatic carbocycles. The smallest absolute Gasteiger partial charge is 0.348 e. The van der Waals surface area contributed by atoms with Gasteiger partial charge in [0, 0.05) is 25.2 Å². The lowest BCUT2D eigenvalue weighted by molar-refractivity contribution is -0.138. The molecule has 1 atom stereocenters. The number of piperidine rings is 1. The molecule has 1 saturated carbocycles. The first-order chi connectivity index (χ1) is 14.4. The summed E-state index contributed by atoms with van der Waals surface area (Å²) >= 11 is 0. The van der Waals surface area contributed by atoms with E-state index in [1.807, 2.05) is 0 Å². The Balaban J connectivity index is 1.38. The number of carbonyl (C=O) groups is 1. The number of halogens is 3. The summed E-state index contributed by atoms with van der Waals surface area (Å²) in [5.74, 6) is -0.202. The van der Waals surface area contributed by atoms with Crippen molar-refractivity contribution >= 4 is 5.91 Å². The van der Waals surface area contributed by atoms with Crippen LogP contribution < -0.4 is 5.32 Å². The topological polar surface area (TPSA) is 63.1 Å². The van der Waals surface area contributed by atoms with Gasteiger partial charge < -0.3 is 5.32 Å². The third-order valence-electron chi connectivity index (χ3n) is 5.82. The Morgan fingerprint density at radius 2 is 1.97 bits per heavy atom.